The molecule has 6 heteroatoms. The second-order valence-corrected chi connectivity index (χ2v) is 3.20. The van der Waals surface area contributed by atoms with E-state index in [2.05, 4.69) is 5.32 Å². The first-order valence-electron chi connectivity index (χ1n) is 4.08. The molecule has 0 saturated carbocycles. The number of hydrogen-bond acceptors (Lipinski definition) is 1. The molecule has 84 valence electrons. The van der Waals surface area contributed by atoms with Gasteiger partial charge in [0.15, 0.2) is 11.6 Å². The van der Waals surface area contributed by atoms with Gasteiger partial charge in [-0.15, -0.1) is 12.4 Å². The Morgan fingerprint density at radius 2 is 1.87 bits per heavy atom. The summed E-state index contributed by atoms with van der Waals surface area (Å²) in [6, 6.07) is 2.03. The maximum Gasteiger partial charge on any atom is 0.288 e. The van der Waals surface area contributed by atoms with Crippen LogP contribution in [0.5, 0.6) is 0 Å². The lowest BCUT2D eigenvalue weighted by Crippen LogP contribution is -2.37. The predicted octanol–water partition coefficient (Wildman–Crippen LogP) is 2.58. The van der Waals surface area contributed by atoms with E-state index in [0.29, 0.717) is 0 Å². The van der Waals surface area contributed by atoms with Crippen molar-refractivity contribution in [2.24, 2.45) is 0 Å². The summed E-state index contributed by atoms with van der Waals surface area (Å²) in [4.78, 5) is 0. The zero-order chi connectivity index (χ0) is 10.3. The van der Waals surface area contributed by atoms with Gasteiger partial charge in [0.25, 0.3) is 5.92 Å². The molecule has 0 amide bonds. The van der Waals surface area contributed by atoms with Crippen LogP contribution in [-0.2, 0) is 12.5 Å². The second-order valence-electron chi connectivity index (χ2n) is 3.20. The van der Waals surface area contributed by atoms with Crippen molar-refractivity contribution in [2.45, 2.75) is 12.5 Å². The Hall–Kier alpha value is -0.810. The van der Waals surface area contributed by atoms with Crippen molar-refractivity contribution >= 4 is 12.4 Å². The van der Waals surface area contributed by atoms with E-state index in [4.69, 9.17) is 0 Å². The van der Waals surface area contributed by atoms with E-state index in [1.165, 1.54) is 6.07 Å². The molecule has 0 radical (unpaired) electrons. The fourth-order valence-electron chi connectivity index (χ4n) is 1.58. The summed E-state index contributed by atoms with van der Waals surface area (Å²) in [7, 11) is 0. The Bertz CT molecular complexity index is 381. The monoisotopic (exact) mass is 241 g/mol. The number of hydrogen-bond donors (Lipinski definition) is 1. The molecule has 0 unspecified atom stereocenters. The minimum absolute atomic E-state index is 0. The van der Waals surface area contributed by atoms with Gasteiger partial charge in [-0.3, -0.25) is 0 Å². The van der Waals surface area contributed by atoms with E-state index in [0.717, 1.165) is 6.07 Å². The van der Waals surface area contributed by atoms with Crippen LogP contribution >= 0.6 is 12.4 Å². The highest BCUT2D eigenvalue weighted by Crippen LogP contribution is 2.35. The first-order chi connectivity index (χ1) is 6.52. The van der Waals surface area contributed by atoms with Gasteiger partial charge in [0.05, 0.1) is 12.1 Å². The Morgan fingerprint density at radius 1 is 1.20 bits per heavy atom. The Labute approximate surface area is 89.9 Å². The number of benzene rings is 1. The van der Waals surface area contributed by atoms with Crippen molar-refractivity contribution < 1.29 is 17.6 Å². The fraction of sp³-hybridized carbons (Fsp3) is 0.333. The third kappa shape index (κ3) is 1.94. The van der Waals surface area contributed by atoms with E-state index >= 15 is 0 Å². The number of nitrogens with one attached hydrogen (secondary N) is 1. The molecule has 1 aromatic rings. The zero-order valence-electron chi connectivity index (χ0n) is 7.49. The number of rotatable bonds is 0. The lowest BCUT2D eigenvalue weighted by molar-refractivity contribution is -0.0150. The standard InChI is InChI=1S/C9H7F4N.ClH/c10-6-2-1-5-3-14-4-9(12,13)7(5)8(6)11;/h1-2,14H,3-4H2;1H. The van der Waals surface area contributed by atoms with Gasteiger partial charge in [0.1, 0.15) is 0 Å². The molecule has 0 saturated heterocycles. The predicted molar refractivity (Wildman–Crippen MR) is 49.2 cm³/mol. The van der Waals surface area contributed by atoms with Crippen LogP contribution < -0.4 is 5.32 Å². The smallest absolute Gasteiger partial charge is 0.288 e. The summed E-state index contributed by atoms with van der Waals surface area (Å²) in [6.07, 6.45) is 0. The van der Waals surface area contributed by atoms with Crippen LogP contribution in [-0.4, -0.2) is 6.54 Å². The highest BCUT2D eigenvalue weighted by Gasteiger charge is 2.40. The number of halogens is 5. The van der Waals surface area contributed by atoms with Gasteiger partial charge >= 0.3 is 0 Å². The molecule has 1 aromatic carbocycles. The Balaban J connectivity index is 0.00000112. The van der Waals surface area contributed by atoms with Crippen LogP contribution in [0.3, 0.4) is 0 Å². The van der Waals surface area contributed by atoms with E-state index in [9.17, 15) is 17.6 Å². The minimum atomic E-state index is -3.33. The summed E-state index contributed by atoms with van der Waals surface area (Å²) < 4.78 is 52.2. The van der Waals surface area contributed by atoms with Gasteiger partial charge in [0, 0.05) is 6.54 Å². The van der Waals surface area contributed by atoms with Crippen molar-refractivity contribution in [1.29, 1.82) is 0 Å². The van der Waals surface area contributed by atoms with E-state index in [-0.39, 0.29) is 24.5 Å². The Kier molecular flexibility index (Phi) is 3.25. The SMILES string of the molecule is Cl.Fc1ccc2c(c1F)C(F)(F)CNC2. The van der Waals surface area contributed by atoms with Crippen LogP contribution in [0.15, 0.2) is 12.1 Å². The van der Waals surface area contributed by atoms with Crippen LogP contribution in [0, 0.1) is 11.6 Å². The Morgan fingerprint density at radius 3 is 2.53 bits per heavy atom. The van der Waals surface area contributed by atoms with Gasteiger partial charge in [-0.1, -0.05) is 6.07 Å². The fourth-order valence-corrected chi connectivity index (χ4v) is 1.58. The molecule has 0 bridgehead atoms. The summed E-state index contributed by atoms with van der Waals surface area (Å²) in [5.41, 5.74) is -0.698. The molecule has 1 nitrogen and oxygen atoms in total. The maximum atomic E-state index is 13.2. The molecular weight excluding hydrogens is 234 g/mol. The second kappa shape index (κ2) is 3.98. The summed E-state index contributed by atoms with van der Waals surface area (Å²) >= 11 is 0. The average molecular weight is 242 g/mol. The third-order valence-electron chi connectivity index (χ3n) is 2.21. The molecule has 2 rings (SSSR count). The molecule has 0 atom stereocenters. The van der Waals surface area contributed by atoms with Gasteiger partial charge < -0.3 is 5.32 Å². The molecule has 1 heterocycles. The van der Waals surface area contributed by atoms with Crippen molar-refractivity contribution in [3.8, 4) is 0 Å². The summed E-state index contributed by atoms with van der Waals surface area (Å²) in [5.74, 6) is -6.00. The molecule has 1 N–H and O–H groups in total. The molecule has 1 aliphatic rings. The largest absolute Gasteiger partial charge is 0.307 e. The molecule has 15 heavy (non-hydrogen) atoms. The van der Waals surface area contributed by atoms with Gasteiger partial charge in [-0.05, 0) is 11.6 Å². The van der Waals surface area contributed by atoms with E-state index in [1.54, 1.807) is 0 Å². The van der Waals surface area contributed by atoms with Gasteiger partial charge in [-0.2, -0.15) is 8.78 Å². The van der Waals surface area contributed by atoms with Gasteiger partial charge in [-0.25, -0.2) is 8.78 Å². The maximum absolute atomic E-state index is 13.2. The summed E-state index contributed by atoms with van der Waals surface area (Å²) in [5, 5.41) is 2.44. The van der Waals surface area contributed by atoms with Gasteiger partial charge in [0.2, 0.25) is 0 Å². The topological polar surface area (TPSA) is 12.0 Å². The molecule has 0 aromatic heterocycles. The highest BCUT2D eigenvalue weighted by molar-refractivity contribution is 5.85. The van der Waals surface area contributed by atoms with Crippen molar-refractivity contribution in [3.05, 3.63) is 34.9 Å². The quantitative estimate of drug-likeness (QED) is 0.689. The normalized spacial score (nSPS) is 17.9. The number of fused-ring (bicyclic) bond motifs is 1. The molecular formula is C9H8ClF4N. The van der Waals surface area contributed by atoms with Crippen molar-refractivity contribution in [2.75, 3.05) is 6.54 Å². The lowest BCUT2D eigenvalue weighted by atomic mass is 9.97. The van der Waals surface area contributed by atoms with Crippen LogP contribution in [0.2, 0.25) is 0 Å². The van der Waals surface area contributed by atoms with E-state index in [1.807, 2.05) is 0 Å². The lowest BCUT2D eigenvalue weighted by Gasteiger charge is -2.26. The third-order valence-corrected chi connectivity index (χ3v) is 2.21. The highest BCUT2D eigenvalue weighted by atomic mass is 35.5. The summed E-state index contributed by atoms with van der Waals surface area (Å²) in [6.45, 7) is -0.511. The van der Waals surface area contributed by atoms with Crippen LogP contribution in [0.1, 0.15) is 11.1 Å². The molecule has 0 fully saturated rings. The minimum Gasteiger partial charge on any atom is -0.307 e. The first-order valence-corrected chi connectivity index (χ1v) is 4.08. The van der Waals surface area contributed by atoms with Crippen LogP contribution in [0.25, 0.3) is 0 Å². The van der Waals surface area contributed by atoms with Crippen LogP contribution in [0.4, 0.5) is 17.6 Å². The molecule has 0 aliphatic carbocycles. The van der Waals surface area contributed by atoms with Crippen molar-refractivity contribution in [1.82, 2.24) is 5.32 Å². The number of alkyl halides is 2. The average Bonchev–Trinajstić information content (AvgIpc) is 2.10. The molecule has 1 aliphatic heterocycles. The van der Waals surface area contributed by atoms with Crippen molar-refractivity contribution in [3.63, 3.8) is 0 Å². The zero-order valence-corrected chi connectivity index (χ0v) is 8.31. The molecule has 0 spiro atoms. The first kappa shape index (κ1) is 12.3. The van der Waals surface area contributed by atoms with E-state index < -0.39 is 29.7 Å².